The molecule has 0 spiro atoms. The number of hydrogen-bond donors (Lipinski definition) is 1. The molecule has 2 aromatic carbocycles. The average molecular weight is 269 g/mol. The molecule has 0 aliphatic carbocycles. The number of carbonyl (C=O) groups is 1. The number of nitrogens with one attached hydrogen (secondary N) is 1. The molecule has 1 N–H and O–H groups in total. The quantitative estimate of drug-likeness (QED) is 0.618. The van der Waals surface area contributed by atoms with Gasteiger partial charge in [-0.1, -0.05) is 36.9 Å². The monoisotopic (exact) mass is 269 g/mol. The van der Waals surface area contributed by atoms with Crippen LogP contribution in [0.15, 0.2) is 55.1 Å². The Morgan fingerprint density at radius 1 is 1.15 bits per heavy atom. The minimum Gasteiger partial charge on any atom is -0.494 e. The number of ether oxygens (including phenoxy) is 1. The molecule has 0 aliphatic rings. The third-order valence-corrected chi connectivity index (χ3v) is 3.05. The number of benzene rings is 2. The largest absolute Gasteiger partial charge is 0.494 e. The maximum atomic E-state index is 10.9. The number of hydrogen-bond acceptors (Lipinski definition) is 2. The fourth-order valence-corrected chi connectivity index (χ4v) is 1.96. The van der Waals surface area contributed by atoms with Crippen molar-refractivity contribution in [3.8, 4) is 5.75 Å². The Morgan fingerprint density at radius 3 is 2.75 bits per heavy atom. The van der Waals surface area contributed by atoms with Gasteiger partial charge in [0.15, 0.2) is 0 Å². The molecule has 3 nitrogen and oxygen atoms in total. The van der Waals surface area contributed by atoms with Crippen LogP contribution >= 0.6 is 0 Å². The summed E-state index contributed by atoms with van der Waals surface area (Å²) in [5.41, 5.74) is 0. The highest BCUT2D eigenvalue weighted by Gasteiger charge is 1.97. The molecular weight excluding hydrogens is 250 g/mol. The third kappa shape index (κ3) is 4.12. The highest BCUT2D eigenvalue weighted by atomic mass is 16.5. The van der Waals surface area contributed by atoms with Crippen molar-refractivity contribution in [3.05, 3.63) is 55.1 Å². The van der Waals surface area contributed by atoms with E-state index < -0.39 is 0 Å². The van der Waals surface area contributed by atoms with E-state index in [9.17, 15) is 4.79 Å². The van der Waals surface area contributed by atoms with Crippen LogP contribution in [0.4, 0.5) is 0 Å². The van der Waals surface area contributed by atoms with Crippen LogP contribution in [-0.4, -0.2) is 19.1 Å². The van der Waals surface area contributed by atoms with E-state index >= 15 is 0 Å². The van der Waals surface area contributed by atoms with Crippen molar-refractivity contribution < 1.29 is 9.53 Å². The van der Waals surface area contributed by atoms with Crippen LogP contribution in [0, 0.1) is 0 Å². The van der Waals surface area contributed by atoms with Gasteiger partial charge in [-0.3, -0.25) is 4.79 Å². The van der Waals surface area contributed by atoms with Crippen LogP contribution in [0.2, 0.25) is 0 Å². The average Bonchev–Trinajstić information content (AvgIpc) is 2.50. The molecule has 0 atom stereocenters. The first-order chi connectivity index (χ1) is 9.79. The third-order valence-electron chi connectivity index (χ3n) is 3.05. The molecule has 104 valence electrons. The van der Waals surface area contributed by atoms with Gasteiger partial charge < -0.3 is 10.1 Å². The zero-order valence-corrected chi connectivity index (χ0v) is 11.5. The number of unbranched alkanes of at least 4 members (excludes halogenated alkanes) is 1. The van der Waals surface area contributed by atoms with Crippen molar-refractivity contribution in [2.45, 2.75) is 12.8 Å². The van der Waals surface area contributed by atoms with Crippen molar-refractivity contribution in [2.75, 3.05) is 13.2 Å². The summed E-state index contributed by atoms with van der Waals surface area (Å²) in [6.45, 7) is 4.72. The minimum atomic E-state index is -0.125. The molecule has 2 rings (SSSR count). The number of carbonyl (C=O) groups excluding carboxylic acids is 1. The van der Waals surface area contributed by atoms with Crippen molar-refractivity contribution >= 4 is 16.7 Å². The summed E-state index contributed by atoms with van der Waals surface area (Å²) in [4.78, 5) is 10.9. The first kappa shape index (κ1) is 14.1. The molecule has 2 aromatic rings. The van der Waals surface area contributed by atoms with Crippen molar-refractivity contribution in [3.63, 3.8) is 0 Å². The smallest absolute Gasteiger partial charge is 0.243 e. The van der Waals surface area contributed by atoms with Gasteiger partial charge in [0.2, 0.25) is 5.91 Å². The van der Waals surface area contributed by atoms with Crippen molar-refractivity contribution in [1.82, 2.24) is 5.32 Å². The molecule has 0 fully saturated rings. The van der Waals surface area contributed by atoms with Crippen LogP contribution in [0.3, 0.4) is 0 Å². The first-order valence-electron chi connectivity index (χ1n) is 6.81. The Hall–Kier alpha value is -2.29. The first-order valence-corrected chi connectivity index (χ1v) is 6.81. The molecule has 20 heavy (non-hydrogen) atoms. The predicted molar refractivity (Wildman–Crippen MR) is 81.9 cm³/mol. The lowest BCUT2D eigenvalue weighted by Gasteiger charge is -2.07. The second-order valence-corrected chi connectivity index (χ2v) is 4.56. The fraction of sp³-hybridized carbons (Fsp3) is 0.235. The van der Waals surface area contributed by atoms with Crippen LogP contribution in [0.1, 0.15) is 12.8 Å². The van der Waals surface area contributed by atoms with Gasteiger partial charge in [0, 0.05) is 6.54 Å². The highest BCUT2D eigenvalue weighted by molar-refractivity contribution is 5.86. The van der Waals surface area contributed by atoms with E-state index in [1.807, 2.05) is 18.2 Å². The topological polar surface area (TPSA) is 38.3 Å². The Kier molecular flexibility index (Phi) is 5.18. The summed E-state index contributed by atoms with van der Waals surface area (Å²) in [6.07, 6.45) is 3.09. The van der Waals surface area contributed by atoms with Crippen LogP contribution in [0.5, 0.6) is 5.75 Å². The van der Waals surface area contributed by atoms with Crippen LogP contribution in [0.25, 0.3) is 10.8 Å². The molecule has 3 heteroatoms. The fourth-order valence-electron chi connectivity index (χ4n) is 1.96. The number of amides is 1. The van der Waals surface area contributed by atoms with Gasteiger partial charge in [0.25, 0.3) is 0 Å². The van der Waals surface area contributed by atoms with E-state index in [0.717, 1.165) is 18.6 Å². The van der Waals surface area contributed by atoms with E-state index in [-0.39, 0.29) is 5.91 Å². The predicted octanol–water partition coefficient (Wildman–Crippen LogP) is 3.30. The second kappa shape index (κ2) is 7.34. The molecular formula is C17H19NO2. The maximum Gasteiger partial charge on any atom is 0.243 e. The summed E-state index contributed by atoms with van der Waals surface area (Å²) in [7, 11) is 0. The van der Waals surface area contributed by atoms with E-state index in [0.29, 0.717) is 13.2 Å². The highest BCUT2D eigenvalue weighted by Crippen LogP contribution is 2.20. The molecule has 0 unspecified atom stereocenters. The normalized spacial score (nSPS) is 10.2. The Morgan fingerprint density at radius 2 is 1.95 bits per heavy atom. The lowest BCUT2D eigenvalue weighted by atomic mass is 10.1. The van der Waals surface area contributed by atoms with Gasteiger partial charge in [-0.05, 0) is 41.8 Å². The molecule has 0 bridgehead atoms. The van der Waals surface area contributed by atoms with Crippen molar-refractivity contribution in [1.29, 1.82) is 0 Å². The zero-order chi connectivity index (χ0) is 14.2. The van der Waals surface area contributed by atoms with Crippen LogP contribution < -0.4 is 10.1 Å². The number of rotatable bonds is 7. The van der Waals surface area contributed by atoms with E-state index in [1.54, 1.807) is 0 Å². The molecule has 0 aliphatic heterocycles. The molecule has 0 saturated heterocycles. The lowest BCUT2D eigenvalue weighted by molar-refractivity contribution is -0.116. The van der Waals surface area contributed by atoms with Gasteiger partial charge in [0.05, 0.1) is 6.61 Å². The van der Waals surface area contributed by atoms with Crippen LogP contribution in [-0.2, 0) is 4.79 Å². The van der Waals surface area contributed by atoms with E-state index in [1.165, 1.54) is 16.8 Å². The summed E-state index contributed by atoms with van der Waals surface area (Å²) in [5, 5.41) is 5.14. The molecule has 1 amide bonds. The maximum absolute atomic E-state index is 10.9. The SMILES string of the molecule is C=CC(=O)NCCCCOc1ccc2ccccc2c1. The summed E-state index contributed by atoms with van der Waals surface area (Å²) < 4.78 is 5.71. The van der Waals surface area contributed by atoms with Gasteiger partial charge >= 0.3 is 0 Å². The Balaban J connectivity index is 1.73. The molecule has 0 aromatic heterocycles. The number of fused-ring (bicyclic) bond motifs is 1. The summed E-state index contributed by atoms with van der Waals surface area (Å²) >= 11 is 0. The molecule has 0 heterocycles. The summed E-state index contributed by atoms with van der Waals surface area (Å²) in [6, 6.07) is 14.3. The molecule has 0 radical (unpaired) electrons. The van der Waals surface area contributed by atoms with Gasteiger partial charge in [-0.25, -0.2) is 0 Å². The van der Waals surface area contributed by atoms with Gasteiger partial charge in [-0.2, -0.15) is 0 Å². The lowest BCUT2D eigenvalue weighted by Crippen LogP contribution is -2.22. The van der Waals surface area contributed by atoms with Crippen molar-refractivity contribution in [2.24, 2.45) is 0 Å². The second-order valence-electron chi connectivity index (χ2n) is 4.56. The minimum absolute atomic E-state index is 0.125. The summed E-state index contributed by atoms with van der Waals surface area (Å²) in [5.74, 6) is 0.763. The van der Waals surface area contributed by atoms with E-state index in [2.05, 4.69) is 36.2 Å². The van der Waals surface area contributed by atoms with Gasteiger partial charge in [0.1, 0.15) is 5.75 Å². The Bertz CT molecular complexity index is 592. The zero-order valence-electron chi connectivity index (χ0n) is 11.5. The Labute approximate surface area is 119 Å². The standard InChI is InChI=1S/C17H19NO2/c1-2-17(19)18-11-5-6-12-20-16-10-9-14-7-3-4-8-15(14)13-16/h2-4,7-10,13H,1,5-6,11-12H2,(H,18,19). The molecule has 0 saturated carbocycles. The van der Waals surface area contributed by atoms with E-state index in [4.69, 9.17) is 4.74 Å². The van der Waals surface area contributed by atoms with Gasteiger partial charge in [-0.15, -0.1) is 0 Å².